The third-order valence-electron chi connectivity index (χ3n) is 4.90. The molecule has 142 valence electrons. The Morgan fingerprint density at radius 2 is 1.04 bits per heavy atom. The predicted molar refractivity (Wildman–Crippen MR) is 110 cm³/mol. The summed E-state index contributed by atoms with van der Waals surface area (Å²) in [7, 11) is 7.84. The summed E-state index contributed by atoms with van der Waals surface area (Å²) in [6.45, 7) is 0. The maximum absolute atomic E-state index is 12.7. The quantitative estimate of drug-likeness (QED) is 0.771. The Hall–Kier alpha value is -3.02. The number of amides is 2. The van der Waals surface area contributed by atoms with Gasteiger partial charge in [0.05, 0.1) is 0 Å². The Bertz CT molecular complexity index is 755. The molecule has 2 amide bonds. The highest BCUT2D eigenvalue weighted by atomic mass is 16.2. The van der Waals surface area contributed by atoms with Crippen LogP contribution in [0.15, 0.2) is 48.5 Å². The van der Waals surface area contributed by atoms with E-state index in [9.17, 15) is 9.59 Å². The first kappa shape index (κ1) is 18.8. The van der Waals surface area contributed by atoms with Crippen LogP contribution in [0.5, 0.6) is 0 Å². The van der Waals surface area contributed by atoms with Crippen LogP contribution in [0, 0.1) is 5.41 Å². The van der Waals surface area contributed by atoms with E-state index < -0.39 is 5.41 Å². The fraction of sp³-hybridized carbons (Fsp3) is 0.333. The second kappa shape index (κ2) is 7.31. The van der Waals surface area contributed by atoms with Crippen molar-refractivity contribution in [3.8, 4) is 0 Å². The van der Waals surface area contributed by atoms with Crippen molar-refractivity contribution in [2.24, 2.45) is 5.41 Å². The lowest BCUT2D eigenvalue weighted by atomic mass is 10.0. The smallest absolute Gasteiger partial charge is 0.240 e. The molecule has 27 heavy (non-hydrogen) atoms. The second-order valence-corrected chi connectivity index (χ2v) is 7.37. The maximum Gasteiger partial charge on any atom is 0.240 e. The molecule has 1 aliphatic carbocycles. The average Bonchev–Trinajstić information content (AvgIpc) is 3.44. The summed E-state index contributed by atoms with van der Waals surface area (Å²) in [6.07, 6.45) is 1.13. The molecule has 0 bridgehead atoms. The van der Waals surface area contributed by atoms with Crippen LogP contribution in [0.3, 0.4) is 0 Å². The zero-order valence-corrected chi connectivity index (χ0v) is 16.2. The lowest BCUT2D eigenvalue weighted by Gasteiger charge is -2.17. The van der Waals surface area contributed by atoms with Gasteiger partial charge in [0.1, 0.15) is 5.41 Å². The van der Waals surface area contributed by atoms with E-state index in [0.29, 0.717) is 24.2 Å². The minimum Gasteiger partial charge on any atom is -0.378 e. The van der Waals surface area contributed by atoms with Crippen LogP contribution >= 0.6 is 0 Å². The Kier molecular flexibility index (Phi) is 5.08. The molecular formula is C21H26N4O2. The molecule has 1 fully saturated rings. The first-order chi connectivity index (χ1) is 12.8. The molecule has 1 aliphatic rings. The van der Waals surface area contributed by atoms with Crippen LogP contribution in [0.2, 0.25) is 0 Å². The van der Waals surface area contributed by atoms with Gasteiger partial charge in [0, 0.05) is 50.9 Å². The van der Waals surface area contributed by atoms with Crippen LogP contribution in [0.1, 0.15) is 12.8 Å². The standard InChI is InChI=1S/C21H26N4O2/c1-24(2)17-9-5-15(6-10-17)22-19(26)21(13-14-21)20(27)23-16-7-11-18(12-8-16)25(3)4/h5-12H,13-14H2,1-4H3,(H,22,26)(H,23,27). The Morgan fingerprint density at radius 1 is 0.704 bits per heavy atom. The molecule has 0 saturated heterocycles. The molecular weight excluding hydrogens is 340 g/mol. The van der Waals surface area contributed by atoms with Crippen molar-refractivity contribution in [1.29, 1.82) is 0 Å². The Morgan fingerprint density at radius 3 is 1.30 bits per heavy atom. The summed E-state index contributed by atoms with van der Waals surface area (Å²) < 4.78 is 0. The van der Waals surface area contributed by atoms with Gasteiger partial charge < -0.3 is 20.4 Å². The van der Waals surface area contributed by atoms with Crippen molar-refractivity contribution in [2.45, 2.75) is 12.8 Å². The minimum absolute atomic E-state index is 0.248. The molecule has 2 aromatic carbocycles. The molecule has 0 radical (unpaired) electrons. The van der Waals surface area contributed by atoms with E-state index in [4.69, 9.17) is 0 Å². The number of hydrogen-bond donors (Lipinski definition) is 2. The Balaban J connectivity index is 1.64. The predicted octanol–water partition coefficient (Wildman–Crippen LogP) is 3.18. The third kappa shape index (κ3) is 4.05. The molecule has 0 atom stereocenters. The number of hydrogen-bond acceptors (Lipinski definition) is 4. The summed E-state index contributed by atoms with van der Waals surface area (Å²) in [5, 5.41) is 5.75. The minimum atomic E-state index is -0.972. The van der Waals surface area contributed by atoms with E-state index in [1.807, 2.05) is 86.5 Å². The molecule has 0 unspecified atom stereocenters. The van der Waals surface area contributed by atoms with Crippen LogP contribution in [0.4, 0.5) is 22.7 Å². The maximum atomic E-state index is 12.7. The van der Waals surface area contributed by atoms with Gasteiger partial charge in [0.15, 0.2) is 0 Å². The molecule has 0 aliphatic heterocycles. The van der Waals surface area contributed by atoms with Crippen LogP contribution in [-0.4, -0.2) is 40.0 Å². The summed E-state index contributed by atoms with van der Waals surface area (Å²) >= 11 is 0. The molecule has 0 heterocycles. The first-order valence-electron chi connectivity index (χ1n) is 8.99. The van der Waals surface area contributed by atoms with Gasteiger partial charge in [0.25, 0.3) is 0 Å². The lowest BCUT2D eigenvalue weighted by molar-refractivity contribution is -0.131. The van der Waals surface area contributed by atoms with Gasteiger partial charge in [-0.25, -0.2) is 0 Å². The zero-order chi connectivity index (χ0) is 19.6. The van der Waals surface area contributed by atoms with Crippen molar-refractivity contribution >= 4 is 34.6 Å². The van der Waals surface area contributed by atoms with Gasteiger partial charge in [0.2, 0.25) is 11.8 Å². The monoisotopic (exact) mass is 366 g/mol. The highest BCUT2D eigenvalue weighted by Gasteiger charge is 2.56. The van der Waals surface area contributed by atoms with E-state index >= 15 is 0 Å². The van der Waals surface area contributed by atoms with Crippen LogP contribution in [-0.2, 0) is 9.59 Å². The summed E-state index contributed by atoms with van der Waals surface area (Å²) in [5.74, 6) is -0.495. The van der Waals surface area contributed by atoms with Crippen LogP contribution < -0.4 is 20.4 Å². The SMILES string of the molecule is CN(C)c1ccc(NC(=O)C2(C(=O)Nc3ccc(N(C)C)cc3)CC2)cc1. The molecule has 2 N–H and O–H groups in total. The number of rotatable bonds is 6. The molecule has 6 heteroatoms. The highest BCUT2D eigenvalue weighted by molar-refractivity contribution is 6.16. The fourth-order valence-corrected chi connectivity index (χ4v) is 2.87. The molecule has 0 spiro atoms. The number of benzene rings is 2. The number of nitrogens with zero attached hydrogens (tertiary/aromatic N) is 2. The molecule has 0 aromatic heterocycles. The normalized spacial score (nSPS) is 14.2. The van der Waals surface area contributed by atoms with Crippen molar-refractivity contribution in [2.75, 3.05) is 48.6 Å². The average molecular weight is 366 g/mol. The summed E-state index contributed by atoms with van der Waals surface area (Å²) in [5.41, 5.74) is 2.52. The van der Waals surface area contributed by atoms with Crippen molar-refractivity contribution in [3.63, 3.8) is 0 Å². The number of carbonyl (C=O) groups is 2. The van der Waals surface area contributed by atoms with E-state index in [1.54, 1.807) is 0 Å². The van der Waals surface area contributed by atoms with Crippen molar-refractivity contribution < 1.29 is 9.59 Å². The zero-order valence-electron chi connectivity index (χ0n) is 16.2. The van der Waals surface area contributed by atoms with Gasteiger partial charge in [-0.3, -0.25) is 9.59 Å². The van der Waals surface area contributed by atoms with Gasteiger partial charge >= 0.3 is 0 Å². The third-order valence-corrected chi connectivity index (χ3v) is 4.90. The summed E-state index contributed by atoms with van der Waals surface area (Å²) in [4.78, 5) is 29.4. The van der Waals surface area contributed by atoms with Gasteiger partial charge in [-0.15, -0.1) is 0 Å². The molecule has 6 nitrogen and oxygen atoms in total. The van der Waals surface area contributed by atoms with Gasteiger partial charge in [-0.05, 0) is 61.4 Å². The van der Waals surface area contributed by atoms with Crippen molar-refractivity contribution in [3.05, 3.63) is 48.5 Å². The van der Waals surface area contributed by atoms with E-state index in [1.165, 1.54) is 0 Å². The number of anilines is 4. The summed E-state index contributed by atoms with van der Waals surface area (Å²) in [6, 6.07) is 15.1. The molecule has 1 saturated carbocycles. The topological polar surface area (TPSA) is 64.7 Å². The Labute approximate surface area is 160 Å². The highest BCUT2D eigenvalue weighted by Crippen LogP contribution is 2.47. The first-order valence-corrected chi connectivity index (χ1v) is 8.99. The fourth-order valence-electron chi connectivity index (χ4n) is 2.87. The van der Waals surface area contributed by atoms with E-state index in [2.05, 4.69) is 10.6 Å². The van der Waals surface area contributed by atoms with Gasteiger partial charge in [-0.2, -0.15) is 0 Å². The molecule has 3 rings (SSSR count). The second-order valence-electron chi connectivity index (χ2n) is 7.37. The largest absolute Gasteiger partial charge is 0.378 e. The van der Waals surface area contributed by atoms with Gasteiger partial charge in [-0.1, -0.05) is 0 Å². The van der Waals surface area contributed by atoms with E-state index in [-0.39, 0.29) is 11.8 Å². The van der Waals surface area contributed by atoms with E-state index in [0.717, 1.165) is 11.4 Å². The number of carbonyl (C=O) groups excluding carboxylic acids is 2. The molecule has 2 aromatic rings. The van der Waals surface area contributed by atoms with Crippen molar-refractivity contribution in [1.82, 2.24) is 0 Å². The lowest BCUT2D eigenvalue weighted by Crippen LogP contribution is -2.35. The van der Waals surface area contributed by atoms with Crippen LogP contribution in [0.25, 0.3) is 0 Å². The number of nitrogens with one attached hydrogen (secondary N) is 2.